The van der Waals surface area contributed by atoms with Crippen LogP contribution in [-0.4, -0.2) is 36.2 Å². The maximum atomic E-state index is 12.4. The van der Waals surface area contributed by atoms with Crippen LogP contribution in [0.15, 0.2) is 30.3 Å². The van der Waals surface area contributed by atoms with Gasteiger partial charge in [-0.05, 0) is 38.7 Å². The van der Waals surface area contributed by atoms with Crippen molar-refractivity contribution < 1.29 is 23.9 Å². The number of ether oxygens (including phenoxy) is 2. The number of rotatable bonds is 9. The molecule has 0 aliphatic carbocycles. The van der Waals surface area contributed by atoms with Gasteiger partial charge in [-0.25, -0.2) is 4.79 Å². The molecular weight excluding hydrogens is 360 g/mol. The van der Waals surface area contributed by atoms with Gasteiger partial charge in [-0.1, -0.05) is 44.2 Å². The molecule has 1 aromatic rings. The number of esters is 1. The van der Waals surface area contributed by atoms with Crippen molar-refractivity contribution in [1.29, 1.82) is 0 Å². The smallest absolute Gasteiger partial charge is 0.408 e. The highest BCUT2D eigenvalue weighted by Gasteiger charge is 2.25. The minimum absolute atomic E-state index is 0.00238. The van der Waals surface area contributed by atoms with Gasteiger partial charge in [0.2, 0.25) is 5.91 Å². The molecule has 2 N–H and O–H groups in total. The highest BCUT2D eigenvalue weighted by atomic mass is 16.6. The van der Waals surface area contributed by atoms with Gasteiger partial charge < -0.3 is 20.1 Å². The largest absolute Gasteiger partial charge is 0.461 e. The average molecular weight is 392 g/mol. The Morgan fingerprint density at radius 3 is 2.29 bits per heavy atom. The third kappa shape index (κ3) is 10.5. The lowest BCUT2D eigenvalue weighted by Gasteiger charge is -2.23. The lowest BCUT2D eigenvalue weighted by atomic mass is 10.1. The van der Waals surface area contributed by atoms with Crippen molar-refractivity contribution in [3.05, 3.63) is 35.9 Å². The van der Waals surface area contributed by atoms with Crippen LogP contribution < -0.4 is 10.6 Å². The van der Waals surface area contributed by atoms with Crippen LogP contribution in [0.4, 0.5) is 4.79 Å². The number of hydrogen-bond donors (Lipinski definition) is 2. The standard InChI is InChI=1S/C21H32N2O5/c1-15(2)13-22-19(25)17(23-20(26)28-21(3,4)5)11-12-18(24)27-14-16-9-7-6-8-10-16/h6-10,15,17H,11-14H2,1-5H3,(H,22,25)(H,23,26). The van der Waals surface area contributed by atoms with Gasteiger partial charge in [-0.2, -0.15) is 0 Å². The molecular formula is C21H32N2O5. The van der Waals surface area contributed by atoms with Crippen molar-refractivity contribution in [2.24, 2.45) is 5.92 Å². The van der Waals surface area contributed by atoms with Gasteiger partial charge in [0.1, 0.15) is 18.2 Å². The summed E-state index contributed by atoms with van der Waals surface area (Å²) >= 11 is 0. The Hall–Kier alpha value is -2.57. The molecule has 0 heterocycles. The third-order valence-corrected chi connectivity index (χ3v) is 3.57. The molecule has 28 heavy (non-hydrogen) atoms. The second-order valence-corrected chi connectivity index (χ2v) is 8.02. The summed E-state index contributed by atoms with van der Waals surface area (Å²) in [6.07, 6.45) is -0.575. The lowest BCUT2D eigenvalue weighted by Crippen LogP contribution is -2.49. The Morgan fingerprint density at radius 1 is 1.07 bits per heavy atom. The lowest BCUT2D eigenvalue weighted by molar-refractivity contribution is -0.145. The van der Waals surface area contributed by atoms with E-state index in [2.05, 4.69) is 10.6 Å². The minimum atomic E-state index is -0.877. The molecule has 7 heteroatoms. The monoisotopic (exact) mass is 392 g/mol. The molecule has 0 saturated carbocycles. The Bertz CT molecular complexity index is 638. The molecule has 0 aliphatic rings. The van der Waals surface area contributed by atoms with E-state index in [0.717, 1.165) is 5.56 Å². The molecule has 0 aromatic heterocycles. The van der Waals surface area contributed by atoms with Crippen LogP contribution in [0.25, 0.3) is 0 Å². The van der Waals surface area contributed by atoms with E-state index in [9.17, 15) is 14.4 Å². The second kappa shape index (κ2) is 11.3. The minimum Gasteiger partial charge on any atom is -0.461 e. The Balaban J connectivity index is 2.58. The summed E-state index contributed by atoms with van der Waals surface area (Å²) in [6, 6.07) is 8.46. The summed E-state index contributed by atoms with van der Waals surface area (Å²) in [5.74, 6) is -0.520. The third-order valence-electron chi connectivity index (χ3n) is 3.57. The molecule has 1 unspecified atom stereocenters. The molecule has 1 rings (SSSR count). The zero-order valence-corrected chi connectivity index (χ0v) is 17.4. The molecule has 7 nitrogen and oxygen atoms in total. The zero-order chi connectivity index (χ0) is 21.2. The van der Waals surface area contributed by atoms with Crippen LogP contribution in [0, 0.1) is 5.92 Å². The van der Waals surface area contributed by atoms with E-state index in [1.54, 1.807) is 20.8 Å². The average Bonchev–Trinajstić information content (AvgIpc) is 2.60. The molecule has 156 valence electrons. The van der Waals surface area contributed by atoms with Crippen LogP contribution in [0.5, 0.6) is 0 Å². The Kier molecular flexibility index (Phi) is 9.48. The SMILES string of the molecule is CC(C)CNC(=O)C(CCC(=O)OCc1ccccc1)NC(=O)OC(C)(C)C. The molecule has 1 atom stereocenters. The number of carbonyl (C=O) groups excluding carboxylic acids is 3. The van der Waals surface area contributed by atoms with Gasteiger partial charge in [0.05, 0.1) is 0 Å². The summed E-state index contributed by atoms with van der Waals surface area (Å²) in [7, 11) is 0. The quantitative estimate of drug-likeness (QED) is 0.630. The van der Waals surface area contributed by atoms with Gasteiger partial charge in [0.25, 0.3) is 0 Å². The Morgan fingerprint density at radius 2 is 1.71 bits per heavy atom. The molecule has 0 radical (unpaired) electrons. The van der Waals surface area contributed by atoms with Crippen LogP contribution in [0.3, 0.4) is 0 Å². The topological polar surface area (TPSA) is 93.7 Å². The summed E-state index contributed by atoms with van der Waals surface area (Å²) in [5.41, 5.74) is 0.200. The van der Waals surface area contributed by atoms with E-state index in [-0.39, 0.29) is 31.3 Å². The first kappa shape index (κ1) is 23.5. The van der Waals surface area contributed by atoms with Gasteiger partial charge in [-0.15, -0.1) is 0 Å². The van der Waals surface area contributed by atoms with Crippen LogP contribution in [-0.2, 0) is 25.7 Å². The van der Waals surface area contributed by atoms with E-state index in [4.69, 9.17) is 9.47 Å². The first-order chi connectivity index (χ1) is 13.1. The molecule has 0 saturated heterocycles. The molecule has 1 aromatic carbocycles. The number of hydrogen-bond acceptors (Lipinski definition) is 5. The predicted molar refractivity (Wildman–Crippen MR) is 106 cm³/mol. The van der Waals surface area contributed by atoms with Crippen molar-refractivity contribution in [1.82, 2.24) is 10.6 Å². The van der Waals surface area contributed by atoms with E-state index < -0.39 is 23.7 Å². The zero-order valence-electron chi connectivity index (χ0n) is 17.4. The molecule has 2 amide bonds. The number of benzene rings is 1. The normalized spacial score (nSPS) is 12.2. The number of amides is 2. The summed E-state index contributed by atoms with van der Waals surface area (Å²) in [6.45, 7) is 9.80. The van der Waals surface area contributed by atoms with Gasteiger partial charge in [0, 0.05) is 13.0 Å². The van der Waals surface area contributed by atoms with Gasteiger partial charge >= 0.3 is 12.1 Å². The highest BCUT2D eigenvalue weighted by molar-refractivity contribution is 5.86. The molecule has 0 spiro atoms. The van der Waals surface area contributed by atoms with Crippen molar-refractivity contribution in [2.75, 3.05) is 6.54 Å². The predicted octanol–water partition coefficient (Wildman–Crippen LogP) is 3.18. The van der Waals surface area contributed by atoms with Gasteiger partial charge in [-0.3, -0.25) is 9.59 Å². The summed E-state index contributed by atoms with van der Waals surface area (Å²) < 4.78 is 10.4. The van der Waals surface area contributed by atoms with Crippen molar-refractivity contribution in [3.63, 3.8) is 0 Å². The first-order valence-corrected chi connectivity index (χ1v) is 9.53. The molecule has 0 bridgehead atoms. The van der Waals surface area contributed by atoms with E-state index in [1.165, 1.54) is 0 Å². The highest BCUT2D eigenvalue weighted by Crippen LogP contribution is 2.09. The van der Waals surface area contributed by atoms with Crippen LogP contribution >= 0.6 is 0 Å². The fourth-order valence-corrected chi connectivity index (χ4v) is 2.22. The summed E-state index contributed by atoms with van der Waals surface area (Å²) in [5, 5.41) is 5.32. The van der Waals surface area contributed by atoms with Gasteiger partial charge in [0.15, 0.2) is 0 Å². The first-order valence-electron chi connectivity index (χ1n) is 9.53. The number of carbonyl (C=O) groups is 3. The van der Waals surface area contributed by atoms with Crippen molar-refractivity contribution >= 4 is 18.0 Å². The van der Waals surface area contributed by atoms with Crippen molar-refractivity contribution in [2.45, 2.75) is 65.7 Å². The molecule has 0 aliphatic heterocycles. The Labute approximate surface area is 167 Å². The van der Waals surface area contributed by atoms with Crippen LogP contribution in [0.2, 0.25) is 0 Å². The van der Waals surface area contributed by atoms with Crippen molar-refractivity contribution in [3.8, 4) is 0 Å². The summed E-state index contributed by atoms with van der Waals surface area (Å²) in [4.78, 5) is 36.5. The van der Waals surface area contributed by atoms with Crippen LogP contribution in [0.1, 0.15) is 53.0 Å². The fraction of sp³-hybridized carbons (Fsp3) is 0.571. The number of alkyl carbamates (subject to hydrolysis) is 1. The fourth-order valence-electron chi connectivity index (χ4n) is 2.22. The second-order valence-electron chi connectivity index (χ2n) is 8.02. The van der Waals surface area contributed by atoms with E-state index in [0.29, 0.717) is 6.54 Å². The number of nitrogens with one attached hydrogen (secondary N) is 2. The maximum Gasteiger partial charge on any atom is 0.408 e. The van der Waals surface area contributed by atoms with E-state index >= 15 is 0 Å². The maximum absolute atomic E-state index is 12.4. The molecule has 0 fully saturated rings. The van der Waals surface area contributed by atoms with E-state index in [1.807, 2.05) is 44.2 Å².